The number of hydrogen-bond acceptors (Lipinski definition) is 5. The van der Waals surface area contributed by atoms with E-state index in [1.807, 2.05) is 38.1 Å². The van der Waals surface area contributed by atoms with Gasteiger partial charge in [0, 0.05) is 36.1 Å². The molecule has 1 amide bonds. The molecule has 1 heterocycles. The van der Waals surface area contributed by atoms with Gasteiger partial charge in [-0.05, 0) is 38.5 Å². The van der Waals surface area contributed by atoms with Gasteiger partial charge in [0.05, 0.1) is 7.11 Å². The lowest BCUT2D eigenvalue weighted by molar-refractivity contribution is -0.116. The number of nitrogens with zero attached hydrogens (tertiary/aromatic N) is 2. The molecule has 0 aliphatic heterocycles. The van der Waals surface area contributed by atoms with E-state index in [0.717, 1.165) is 22.8 Å². The summed E-state index contributed by atoms with van der Waals surface area (Å²) in [6.07, 6.45) is 1.13. The van der Waals surface area contributed by atoms with Gasteiger partial charge in [-0.1, -0.05) is 6.07 Å². The molecule has 1 aromatic heterocycles. The summed E-state index contributed by atoms with van der Waals surface area (Å²) in [5.74, 6) is 1.30. The molecule has 23 heavy (non-hydrogen) atoms. The molecule has 2 N–H and O–H groups in total. The molecule has 0 fully saturated rings. The first kappa shape index (κ1) is 16.7. The molecule has 0 radical (unpaired) electrons. The second-order valence-corrected chi connectivity index (χ2v) is 5.28. The number of rotatable bonds is 7. The third-order valence-electron chi connectivity index (χ3n) is 3.20. The van der Waals surface area contributed by atoms with Crippen molar-refractivity contribution in [2.45, 2.75) is 26.7 Å². The number of aryl methyl sites for hydroxylation is 2. The largest absolute Gasteiger partial charge is 0.497 e. The van der Waals surface area contributed by atoms with Gasteiger partial charge in [-0.2, -0.15) is 0 Å². The number of anilines is 2. The summed E-state index contributed by atoms with van der Waals surface area (Å²) in [6, 6.07) is 9.23. The first-order valence-electron chi connectivity index (χ1n) is 7.57. The molecule has 0 atom stereocenters. The van der Waals surface area contributed by atoms with Crippen LogP contribution >= 0.6 is 0 Å². The summed E-state index contributed by atoms with van der Waals surface area (Å²) in [5.41, 5.74) is 2.59. The Hall–Kier alpha value is -2.63. The summed E-state index contributed by atoms with van der Waals surface area (Å²) >= 11 is 0. The number of nitrogens with one attached hydrogen (secondary N) is 2. The van der Waals surface area contributed by atoms with Crippen LogP contribution in [0, 0.1) is 13.8 Å². The van der Waals surface area contributed by atoms with Gasteiger partial charge in [-0.3, -0.25) is 4.79 Å². The number of hydrogen-bond donors (Lipinski definition) is 2. The molecule has 6 nitrogen and oxygen atoms in total. The van der Waals surface area contributed by atoms with E-state index in [2.05, 4.69) is 20.6 Å². The Bertz CT molecular complexity index is 653. The van der Waals surface area contributed by atoms with E-state index in [4.69, 9.17) is 4.74 Å². The van der Waals surface area contributed by atoms with Crippen molar-refractivity contribution < 1.29 is 9.53 Å². The minimum absolute atomic E-state index is 0.0265. The zero-order chi connectivity index (χ0) is 16.7. The predicted molar refractivity (Wildman–Crippen MR) is 90.9 cm³/mol. The number of ether oxygens (including phenoxy) is 1. The lowest BCUT2D eigenvalue weighted by atomic mass is 10.2. The van der Waals surface area contributed by atoms with Crippen LogP contribution in [-0.4, -0.2) is 29.5 Å². The number of carbonyl (C=O) groups excluding carboxylic acids is 1. The zero-order valence-corrected chi connectivity index (χ0v) is 13.7. The minimum atomic E-state index is -0.0265. The van der Waals surface area contributed by atoms with Gasteiger partial charge in [0.1, 0.15) is 5.75 Å². The molecule has 122 valence electrons. The summed E-state index contributed by atoms with van der Waals surface area (Å²) in [5, 5.41) is 6.00. The van der Waals surface area contributed by atoms with Crippen molar-refractivity contribution >= 4 is 17.5 Å². The summed E-state index contributed by atoms with van der Waals surface area (Å²) in [7, 11) is 1.60. The Morgan fingerprint density at radius 2 is 1.91 bits per heavy atom. The SMILES string of the molecule is COc1cccc(NC(=O)CCCNc2nc(C)cc(C)n2)c1. The Balaban J connectivity index is 1.74. The van der Waals surface area contributed by atoms with Crippen LogP contribution in [0.2, 0.25) is 0 Å². The Morgan fingerprint density at radius 1 is 1.17 bits per heavy atom. The van der Waals surface area contributed by atoms with Crippen molar-refractivity contribution in [1.29, 1.82) is 0 Å². The lowest BCUT2D eigenvalue weighted by Gasteiger charge is -2.08. The predicted octanol–water partition coefficient (Wildman–Crippen LogP) is 2.93. The summed E-state index contributed by atoms with van der Waals surface area (Å²) in [6.45, 7) is 4.51. The van der Waals surface area contributed by atoms with Crippen molar-refractivity contribution in [1.82, 2.24) is 9.97 Å². The average molecular weight is 314 g/mol. The molecule has 2 aromatic rings. The van der Waals surface area contributed by atoms with E-state index in [1.54, 1.807) is 13.2 Å². The van der Waals surface area contributed by atoms with Crippen LogP contribution in [-0.2, 0) is 4.79 Å². The molecule has 2 rings (SSSR count). The van der Waals surface area contributed by atoms with Crippen LogP contribution < -0.4 is 15.4 Å². The fourth-order valence-electron chi connectivity index (χ4n) is 2.18. The quantitative estimate of drug-likeness (QED) is 0.768. The fourth-order valence-corrected chi connectivity index (χ4v) is 2.18. The van der Waals surface area contributed by atoms with Gasteiger partial charge in [-0.15, -0.1) is 0 Å². The third kappa shape index (κ3) is 5.58. The van der Waals surface area contributed by atoms with E-state index in [1.165, 1.54) is 0 Å². The Kier molecular flexibility index (Phi) is 5.91. The highest BCUT2D eigenvalue weighted by Crippen LogP contribution is 2.16. The van der Waals surface area contributed by atoms with Crippen LogP contribution in [0.5, 0.6) is 5.75 Å². The number of benzene rings is 1. The van der Waals surface area contributed by atoms with Crippen LogP contribution in [0.3, 0.4) is 0 Å². The highest BCUT2D eigenvalue weighted by Gasteiger charge is 2.04. The van der Waals surface area contributed by atoms with Crippen molar-refractivity contribution in [2.24, 2.45) is 0 Å². The molecule has 0 aliphatic rings. The van der Waals surface area contributed by atoms with Crippen molar-refractivity contribution in [3.63, 3.8) is 0 Å². The van der Waals surface area contributed by atoms with Crippen LogP contribution in [0.25, 0.3) is 0 Å². The van der Waals surface area contributed by atoms with Crippen LogP contribution in [0.15, 0.2) is 30.3 Å². The molecule has 1 aromatic carbocycles. The van der Waals surface area contributed by atoms with E-state index < -0.39 is 0 Å². The van der Waals surface area contributed by atoms with E-state index in [-0.39, 0.29) is 5.91 Å². The van der Waals surface area contributed by atoms with Crippen LogP contribution in [0.4, 0.5) is 11.6 Å². The zero-order valence-electron chi connectivity index (χ0n) is 13.7. The molecule has 0 saturated heterocycles. The van der Waals surface area contributed by atoms with Crippen molar-refractivity contribution in [3.8, 4) is 5.75 Å². The molecular formula is C17H22N4O2. The second kappa shape index (κ2) is 8.12. The molecule has 0 bridgehead atoms. The Labute approximate surface area is 136 Å². The third-order valence-corrected chi connectivity index (χ3v) is 3.20. The van der Waals surface area contributed by atoms with Gasteiger partial charge in [-0.25, -0.2) is 9.97 Å². The molecule has 0 spiro atoms. The minimum Gasteiger partial charge on any atom is -0.497 e. The number of carbonyl (C=O) groups is 1. The molecule has 6 heteroatoms. The smallest absolute Gasteiger partial charge is 0.224 e. The standard InChI is InChI=1S/C17H22N4O2/c1-12-10-13(2)20-17(19-12)18-9-5-8-16(22)21-14-6-4-7-15(11-14)23-3/h4,6-7,10-11H,5,8-9H2,1-3H3,(H,21,22)(H,18,19,20). The summed E-state index contributed by atoms with van der Waals surface area (Å²) in [4.78, 5) is 20.5. The molecule has 0 unspecified atom stereocenters. The summed E-state index contributed by atoms with van der Waals surface area (Å²) < 4.78 is 5.13. The van der Waals surface area contributed by atoms with Gasteiger partial charge < -0.3 is 15.4 Å². The van der Waals surface area contributed by atoms with Crippen molar-refractivity contribution in [3.05, 3.63) is 41.7 Å². The maximum absolute atomic E-state index is 11.9. The highest BCUT2D eigenvalue weighted by atomic mass is 16.5. The van der Waals surface area contributed by atoms with Gasteiger partial charge in [0.2, 0.25) is 11.9 Å². The maximum Gasteiger partial charge on any atom is 0.224 e. The maximum atomic E-state index is 11.9. The number of amides is 1. The second-order valence-electron chi connectivity index (χ2n) is 5.28. The molecule has 0 aliphatic carbocycles. The first-order valence-corrected chi connectivity index (χ1v) is 7.57. The first-order chi connectivity index (χ1) is 11.1. The van der Waals surface area contributed by atoms with E-state index in [0.29, 0.717) is 25.3 Å². The highest BCUT2D eigenvalue weighted by molar-refractivity contribution is 5.90. The average Bonchev–Trinajstić information content (AvgIpc) is 2.51. The van der Waals surface area contributed by atoms with E-state index >= 15 is 0 Å². The van der Waals surface area contributed by atoms with Gasteiger partial charge >= 0.3 is 0 Å². The van der Waals surface area contributed by atoms with Crippen molar-refractivity contribution in [2.75, 3.05) is 24.3 Å². The lowest BCUT2D eigenvalue weighted by Crippen LogP contribution is -2.14. The topological polar surface area (TPSA) is 76.1 Å². The van der Waals surface area contributed by atoms with Crippen LogP contribution in [0.1, 0.15) is 24.2 Å². The Morgan fingerprint density at radius 3 is 2.61 bits per heavy atom. The van der Waals surface area contributed by atoms with E-state index in [9.17, 15) is 4.79 Å². The molecule has 0 saturated carbocycles. The fraction of sp³-hybridized carbons (Fsp3) is 0.353. The van der Waals surface area contributed by atoms with Gasteiger partial charge in [0.15, 0.2) is 0 Å². The number of aromatic nitrogens is 2. The van der Waals surface area contributed by atoms with Gasteiger partial charge in [0.25, 0.3) is 0 Å². The monoisotopic (exact) mass is 314 g/mol. The molecular weight excluding hydrogens is 292 g/mol. The number of methoxy groups -OCH3 is 1. The normalized spacial score (nSPS) is 10.2.